The van der Waals surface area contributed by atoms with Crippen molar-refractivity contribution in [2.75, 3.05) is 20.2 Å². The predicted octanol–water partition coefficient (Wildman–Crippen LogP) is 4.28. The highest BCUT2D eigenvalue weighted by Crippen LogP contribution is 2.29. The van der Waals surface area contributed by atoms with Gasteiger partial charge in [0.2, 0.25) is 10.0 Å². The van der Waals surface area contributed by atoms with Gasteiger partial charge < -0.3 is 4.74 Å². The zero-order valence-corrected chi connectivity index (χ0v) is 18.5. The highest BCUT2D eigenvalue weighted by molar-refractivity contribution is 7.89. The normalized spacial score (nSPS) is 15.6. The smallest absolute Gasteiger partial charge is 0.240 e. The van der Waals surface area contributed by atoms with Gasteiger partial charge in [-0.15, -0.1) is 0 Å². The predicted molar refractivity (Wildman–Crippen MR) is 117 cm³/mol. The monoisotopic (exact) mass is 416 g/mol. The van der Waals surface area contributed by atoms with Crippen molar-refractivity contribution in [2.45, 2.75) is 57.0 Å². The molecule has 1 aliphatic rings. The number of rotatable bonds is 8. The number of methoxy groups -OCH3 is 1. The molecule has 1 heterocycles. The first-order chi connectivity index (χ1) is 13.9. The van der Waals surface area contributed by atoms with Crippen LogP contribution in [0.15, 0.2) is 47.4 Å². The first-order valence-electron chi connectivity index (χ1n) is 10.4. The number of nitrogens with one attached hydrogen (secondary N) is 1. The van der Waals surface area contributed by atoms with E-state index in [9.17, 15) is 8.42 Å². The van der Waals surface area contributed by atoms with Gasteiger partial charge in [-0.05, 0) is 66.7 Å². The Labute approximate surface area is 175 Å². The average Bonchev–Trinajstić information content (AvgIpc) is 2.73. The first kappa shape index (κ1) is 21.8. The van der Waals surface area contributed by atoms with Crippen LogP contribution in [0.4, 0.5) is 0 Å². The van der Waals surface area contributed by atoms with E-state index < -0.39 is 10.0 Å². The molecule has 0 unspecified atom stereocenters. The van der Waals surface area contributed by atoms with E-state index in [2.05, 4.69) is 15.7 Å². The summed E-state index contributed by atoms with van der Waals surface area (Å²) in [6, 6.07) is 13.1. The lowest BCUT2D eigenvalue weighted by molar-refractivity contribution is 0.220. The summed E-state index contributed by atoms with van der Waals surface area (Å²) in [4.78, 5) is 2.73. The Bertz CT molecular complexity index is 919. The lowest BCUT2D eigenvalue weighted by atomic mass is 10.0. The second-order valence-electron chi connectivity index (χ2n) is 7.99. The SMILES string of the molecule is COc1ccc(S(=O)(=O)NCc2ccccc2CN2CCCCC2)cc1C(C)C. The van der Waals surface area contributed by atoms with Crippen molar-refractivity contribution in [3.8, 4) is 5.75 Å². The molecule has 0 bridgehead atoms. The maximum atomic E-state index is 12.9. The number of ether oxygens (including phenoxy) is 1. The fourth-order valence-electron chi connectivity index (χ4n) is 3.83. The van der Waals surface area contributed by atoms with Crippen molar-refractivity contribution >= 4 is 10.0 Å². The zero-order chi connectivity index (χ0) is 20.9. The van der Waals surface area contributed by atoms with Crippen molar-refractivity contribution in [3.05, 3.63) is 59.2 Å². The van der Waals surface area contributed by atoms with Gasteiger partial charge in [0.25, 0.3) is 0 Å². The third kappa shape index (κ3) is 5.59. The number of hydrogen-bond donors (Lipinski definition) is 1. The molecule has 0 amide bonds. The van der Waals surface area contributed by atoms with Gasteiger partial charge in [0, 0.05) is 13.1 Å². The highest BCUT2D eigenvalue weighted by Gasteiger charge is 2.19. The summed E-state index contributed by atoms with van der Waals surface area (Å²) in [5.74, 6) is 0.885. The van der Waals surface area contributed by atoms with E-state index in [0.29, 0.717) is 5.75 Å². The molecule has 0 aliphatic carbocycles. The summed E-state index contributed by atoms with van der Waals surface area (Å²) < 4.78 is 34.0. The van der Waals surface area contributed by atoms with Gasteiger partial charge >= 0.3 is 0 Å². The third-order valence-corrected chi connectivity index (χ3v) is 6.95. The van der Waals surface area contributed by atoms with Crippen LogP contribution in [-0.2, 0) is 23.1 Å². The van der Waals surface area contributed by atoms with Crippen LogP contribution in [0, 0.1) is 0 Å². The Hall–Kier alpha value is -1.89. The molecule has 5 nitrogen and oxygen atoms in total. The molecule has 0 radical (unpaired) electrons. The second-order valence-corrected chi connectivity index (χ2v) is 9.76. The number of sulfonamides is 1. The van der Waals surface area contributed by atoms with E-state index in [1.54, 1.807) is 25.3 Å². The molecule has 2 aromatic carbocycles. The Balaban J connectivity index is 1.75. The molecule has 158 valence electrons. The number of piperidine rings is 1. The van der Waals surface area contributed by atoms with Crippen molar-refractivity contribution < 1.29 is 13.2 Å². The van der Waals surface area contributed by atoms with Crippen LogP contribution in [0.25, 0.3) is 0 Å². The summed E-state index contributed by atoms with van der Waals surface area (Å²) in [5.41, 5.74) is 3.11. The lowest BCUT2D eigenvalue weighted by Crippen LogP contribution is -2.30. The van der Waals surface area contributed by atoms with Gasteiger partial charge in [0.1, 0.15) is 5.75 Å². The molecule has 6 heteroatoms. The van der Waals surface area contributed by atoms with Crippen LogP contribution in [-0.4, -0.2) is 33.5 Å². The molecular formula is C23H32N2O3S. The van der Waals surface area contributed by atoms with Gasteiger partial charge in [-0.1, -0.05) is 44.5 Å². The van der Waals surface area contributed by atoms with Crippen LogP contribution < -0.4 is 9.46 Å². The van der Waals surface area contributed by atoms with Gasteiger partial charge in [0.05, 0.1) is 12.0 Å². The Morgan fingerprint density at radius 2 is 1.72 bits per heavy atom. The minimum atomic E-state index is -3.61. The maximum Gasteiger partial charge on any atom is 0.240 e. The van der Waals surface area contributed by atoms with Gasteiger partial charge in [-0.3, -0.25) is 4.90 Å². The number of nitrogens with zero attached hydrogens (tertiary/aromatic N) is 1. The highest BCUT2D eigenvalue weighted by atomic mass is 32.2. The molecule has 1 aliphatic heterocycles. The molecule has 0 saturated carbocycles. The van der Waals surface area contributed by atoms with Crippen LogP contribution >= 0.6 is 0 Å². The summed E-state index contributed by atoms with van der Waals surface area (Å²) in [5, 5.41) is 0. The number of benzene rings is 2. The summed E-state index contributed by atoms with van der Waals surface area (Å²) in [6.07, 6.45) is 3.78. The molecule has 2 aromatic rings. The average molecular weight is 417 g/mol. The topological polar surface area (TPSA) is 58.6 Å². The molecular weight excluding hydrogens is 384 g/mol. The van der Waals surface area contributed by atoms with Gasteiger partial charge in [-0.25, -0.2) is 13.1 Å². The van der Waals surface area contributed by atoms with E-state index >= 15 is 0 Å². The molecule has 0 spiro atoms. The Kier molecular flexibility index (Phi) is 7.33. The van der Waals surface area contributed by atoms with Gasteiger partial charge in [0.15, 0.2) is 0 Å². The fraction of sp³-hybridized carbons (Fsp3) is 0.478. The third-order valence-electron chi connectivity index (χ3n) is 5.55. The quantitative estimate of drug-likeness (QED) is 0.698. The second kappa shape index (κ2) is 9.74. The van der Waals surface area contributed by atoms with E-state index in [0.717, 1.165) is 30.8 Å². The molecule has 1 N–H and O–H groups in total. The molecule has 29 heavy (non-hydrogen) atoms. The minimum absolute atomic E-state index is 0.172. The van der Waals surface area contributed by atoms with Crippen LogP contribution in [0.2, 0.25) is 0 Å². The molecule has 3 rings (SSSR count). The molecule has 1 fully saturated rings. The number of likely N-dealkylation sites (tertiary alicyclic amines) is 1. The van der Waals surface area contributed by atoms with E-state index in [4.69, 9.17) is 4.74 Å². The van der Waals surface area contributed by atoms with Crippen molar-refractivity contribution in [3.63, 3.8) is 0 Å². The van der Waals surface area contributed by atoms with E-state index in [1.165, 1.54) is 24.8 Å². The lowest BCUT2D eigenvalue weighted by Gasteiger charge is -2.27. The fourth-order valence-corrected chi connectivity index (χ4v) is 4.87. The number of hydrogen-bond acceptors (Lipinski definition) is 4. The van der Waals surface area contributed by atoms with Crippen molar-refractivity contribution in [1.82, 2.24) is 9.62 Å². The Morgan fingerprint density at radius 1 is 1.03 bits per heavy atom. The minimum Gasteiger partial charge on any atom is -0.496 e. The summed E-state index contributed by atoms with van der Waals surface area (Å²) >= 11 is 0. The van der Waals surface area contributed by atoms with E-state index in [-0.39, 0.29) is 17.4 Å². The van der Waals surface area contributed by atoms with Crippen LogP contribution in [0.5, 0.6) is 5.75 Å². The zero-order valence-electron chi connectivity index (χ0n) is 17.6. The molecule has 0 atom stereocenters. The Morgan fingerprint density at radius 3 is 2.38 bits per heavy atom. The van der Waals surface area contributed by atoms with Crippen molar-refractivity contribution in [2.24, 2.45) is 0 Å². The molecule has 1 saturated heterocycles. The largest absolute Gasteiger partial charge is 0.496 e. The van der Waals surface area contributed by atoms with Crippen LogP contribution in [0.3, 0.4) is 0 Å². The maximum absolute atomic E-state index is 12.9. The standard InChI is InChI=1S/C23H32N2O3S/c1-18(2)22-15-21(11-12-23(22)28-3)29(26,27)24-16-19-9-5-6-10-20(19)17-25-13-7-4-8-14-25/h5-6,9-12,15,18,24H,4,7-8,13-14,16-17H2,1-3H3. The summed E-state index contributed by atoms with van der Waals surface area (Å²) in [6.45, 7) is 7.44. The molecule has 0 aromatic heterocycles. The van der Waals surface area contributed by atoms with Gasteiger partial charge in [-0.2, -0.15) is 0 Å². The van der Waals surface area contributed by atoms with Crippen molar-refractivity contribution in [1.29, 1.82) is 0 Å². The van der Waals surface area contributed by atoms with E-state index in [1.807, 2.05) is 32.0 Å². The summed E-state index contributed by atoms with van der Waals surface area (Å²) in [7, 11) is -2.00. The first-order valence-corrected chi connectivity index (χ1v) is 11.9. The van der Waals surface area contributed by atoms with Crippen LogP contribution in [0.1, 0.15) is 55.7 Å².